The Balaban J connectivity index is 2.09. The average Bonchev–Trinajstić information content (AvgIpc) is 2.50. The number of carbonyl (C=O) groups excluding carboxylic acids is 1. The van der Waals surface area contributed by atoms with Crippen LogP contribution in [-0.2, 0) is 11.2 Å². The molecule has 3 heteroatoms. The lowest BCUT2D eigenvalue weighted by Crippen LogP contribution is -2.12. The van der Waals surface area contributed by atoms with E-state index in [1.807, 2.05) is 0 Å². The van der Waals surface area contributed by atoms with Gasteiger partial charge in [0.05, 0.1) is 0 Å². The Kier molecular flexibility index (Phi) is 3.69. The summed E-state index contributed by atoms with van der Waals surface area (Å²) in [6, 6.07) is 2.12. The van der Waals surface area contributed by atoms with Gasteiger partial charge in [-0.05, 0) is 35.2 Å². The van der Waals surface area contributed by atoms with Gasteiger partial charge >= 0.3 is 0 Å². The van der Waals surface area contributed by atoms with Crippen molar-refractivity contribution in [2.75, 3.05) is 6.54 Å². The zero-order valence-electron chi connectivity index (χ0n) is 6.25. The van der Waals surface area contributed by atoms with Gasteiger partial charge in [-0.3, -0.25) is 4.79 Å². The molecule has 2 nitrogen and oxygen atoms in total. The van der Waals surface area contributed by atoms with Crippen molar-refractivity contribution in [1.29, 1.82) is 0 Å². The van der Waals surface area contributed by atoms with Gasteiger partial charge in [-0.2, -0.15) is 11.3 Å². The molecule has 0 saturated heterocycles. The number of rotatable bonds is 5. The van der Waals surface area contributed by atoms with E-state index in [9.17, 15) is 4.79 Å². The summed E-state index contributed by atoms with van der Waals surface area (Å²) in [6.07, 6.45) is 2.83. The first-order chi connectivity index (χ1) is 5.43. The van der Waals surface area contributed by atoms with Crippen LogP contribution in [0.25, 0.3) is 0 Å². The van der Waals surface area contributed by atoms with E-state index in [0.29, 0.717) is 0 Å². The Bertz CT molecular complexity index is 196. The summed E-state index contributed by atoms with van der Waals surface area (Å²) in [5, 5.41) is 6.85. The third-order valence-corrected chi connectivity index (χ3v) is 2.18. The van der Waals surface area contributed by atoms with Crippen molar-refractivity contribution in [2.45, 2.75) is 12.8 Å². The Hall–Kier alpha value is -0.830. The summed E-state index contributed by atoms with van der Waals surface area (Å²) < 4.78 is 0. The monoisotopic (exact) mass is 169 g/mol. The van der Waals surface area contributed by atoms with Crippen molar-refractivity contribution in [3.63, 3.8) is 0 Å². The van der Waals surface area contributed by atoms with Crippen LogP contribution in [0.5, 0.6) is 0 Å². The van der Waals surface area contributed by atoms with Gasteiger partial charge in [-0.1, -0.05) is 0 Å². The largest absolute Gasteiger partial charge is 0.359 e. The molecular weight excluding hydrogens is 158 g/mol. The molecule has 1 heterocycles. The van der Waals surface area contributed by atoms with Crippen LogP contribution >= 0.6 is 11.3 Å². The quantitative estimate of drug-likeness (QED) is 0.524. The molecule has 0 unspecified atom stereocenters. The van der Waals surface area contributed by atoms with Gasteiger partial charge < -0.3 is 5.32 Å². The fraction of sp³-hybridized carbons (Fsp3) is 0.375. The summed E-state index contributed by atoms with van der Waals surface area (Å²) in [6.45, 7) is 0.777. The molecule has 60 valence electrons. The van der Waals surface area contributed by atoms with Gasteiger partial charge in [0.25, 0.3) is 0 Å². The van der Waals surface area contributed by atoms with Gasteiger partial charge in [-0.15, -0.1) is 0 Å². The normalized spacial score (nSPS) is 9.45. The number of aryl methyl sites for hydroxylation is 1. The highest BCUT2D eigenvalue weighted by atomic mass is 32.1. The Labute approximate surface area is 70.2 Å². The molecule has 1 aromatic rings. The van der Waals surface area contributed by atoms with E-state index in [0.717, 1.165) is 25.8 Å². The van der Waals surface area contributed by atoms with E-state index in [4.69, 9.17) is 0 Å². The van der Waals surface area contributed by atoms with Gasteiger partial charge in [0.15, 0.2) is 0 Å². The first kappa shape index (κ1) is 8.27. The third kappa shape index (κ3) is 3.18. The first-order valence-electron chi connectivity index (χ1n) is 3.61. The molecule has 0 bridgehead atoms. The number of amides is 1. The van der Waals surface area contributed by atoms with Crippen LogP contribution in [-0.4, -0.2) is 13.0 Å². The molecule has 0 atom stereocenters. The number of nitrogens with one attached hydrogen (secondary N) is 1. The van der Waals surface area contributed by atoms with E-state index in [-0.39, 0.29) is 0 Å². The molecule has 0 aliphatic heterocycles. The van der Waals surface area contributed by atoms with Crippen LogP contribution in [0.2, 0.25) is 0 Å². The van der Waals surface area contributed by atoms with Gasteiger partial charge in [0.1, 0.15) is 0 Å². The van der Waals surface area contributed by atoms with E-state index < -0.39 is 0 Å². The minimum atomic E-state index is 0.744. The topological polar surface area (TPSA) is 29.1 Å². The molecule has 1 amide bonds. The van der Waals surface area contributed by atoms with E-state index in [1.165, 1.54) is 5.56 Å². The Morgan fingerprint density at radius 1 is 1.64 bits per heavy atom. The minimum Gasteiger partial charge on any atom is -0.359 e. The third-order valence-electron chi connectivity index (χ3n) is 1.45. The summed E-state index contributed by atoms with van der Waals surface area (Å²) in [4.78, 5) is 9.86. The van der Waals surface area contributed by atoms with Crippen LogP contribution in [0, 0.1) is 0 Å². The summed E-state index contributed by atoms with van der Waals surface area (Å²) in [5.74, 6) is 0. The highest BCUT2D eigenvalue weighted by molar-refractivity contribution is 7.07. The molecule has 0 fully saturated rings. The first-order valence-corrected chi connectivity index (χ1v) is 4.56. The average molecular weight is 169 g/mol. The summed E-state index contributed by atoms with van der Waals surface area (Å²) >= 11 is 1.71. The Morgan fingerprint density at radius 2 is 2.55 bits per heavy atom. The fourth-order valence-electron chi connectivity index (χ4n) is 0.888. The molecule has 0 aromatic carbocycles. The maximum Gasteiger partial charge on any atom is 0.207 e. The lowest BCUT2D eigenvalue weighted by atomic mass is 10.2. The molecule has 1 N–H and O–H groups in total. The van der Waals surface area contributed by atoms with Crippen molar-refractivity contribution in [3.8, 4) is 0 Å². The molecule has 0 spiro atoms. The minimum absolute atomic E-state index is 0.744. The number of carbonyl (C=O) groups is 1. The lowest BCUT2D eigenvalue weighted by molar-refractivity contribution is -0.109. The Morgan fingerprint density at radius 3 is 3.18 bits per heavy atom. The number of hydrogen-bond acceptors (Lipinski definition) is 2. The zero-order chi connectivity index (χ0) is 7.94. The van der Waals surface area contributed by atoms with Crippen LogP contribution < -0.4 is 5.32 Å². The van der Waals surface area contributed by atoms with Crippen molar-refractivity contribution < 1.29 is 4.79 Å². The number of hydrogen-bond donors (Lipinski definition) is 1. The predicted molar refractivity (Wildman–Crippen MR) is 46.7 cm³/mol. The molecule has 11 heavy (non-hydrogen) atoms. The summed E-state index contributed by atoms with van der Waals surface area (Å²) in [5.41, 5.74) is 1.36. The second-order valence-electron chi connectivity index (χ2n) is 2.31. The standard InChI is InChI=1S/C8H11NOS/c10-7-9-4-1-2-8-3-5-11-6-8/h3,5-7H,1-2,4H2,(H,9,10). The SMILES string of the molecule is O=CNCCCc1ccsc1. The molecule has 0 radical (unpaired) electrons. The van der Waals surface area contributed by atoms with Crippen molar-refractivity contribution in [3.05, 3.63) is 22.4 Å². The van der Waals surface area contributed by atoms with E-state index >= 15 is 0 Å². The maximum absolute atomic E-state index is 9.86. The lowest BCUT2D eigenvalue weighted by Gasteiger charge is -1.96. The van der Waals surface area contributed by atoms with Crippen LogP contribution in [0.15, 0.2) is 16.8 Å². The van der Waals surface area contributed by atoms with Crippen LogP contribution in [0.4, 0.5) is 0 Å². The van der Waals surface area contributed by atoms with Gasteiger partial charge in [-0.25, -0.2) is 0 Å². The maximum atomic E-state index is 9.86. The van der Waals surface area contributed by atoms with Crippen LogP contribution in [0.3, 0.4) is 0 Å². The highest BCUT2D eigenvalue weighted by Crippen LogP contribution is 2.07. The molecular formula is C8H11NOS. The molecule has 1 rings (SSSR count). The number of thiophene rings is 1. The van der Waals surface area contributed by atoms with Crippen molar-refractivity contribution in [2.24, 2.45) is 0 Å². The predicted octanol–water partition coefficient (Wildman–Crippen LogP) is 1.43. The fourth-order valence-corrected chi connectivity index (χ4v) is 1.59. The summed E-state index contributed by atoms with van der Waals surface area (Å²) in [7, 11) is 0. The second-order valence-corrected chi connectivity index (χ2v) is 3.09. The van der Waals surface area contributed by atoms with Crippen molar-refractivity contribution >= 4 is 17.7 Å². The smallest absolute Gasteiger partial charge is 0.207 e. The van der Waals surface area contributed by atoms with Crippen LogP contribution in [0.1, 0.15) is 12.0 Å². The zero-order valence-corrected chi connectivity index (χ0v) is 7.06. The van der Waals surface area contributed by atoms with E-state index in [1.54, 1.807) is 11.3 Å². The van der Waals surface area contributed by atoms with E-state index in [2.05, 4.69) is 22.1 Å². The van der Waals surface area contributed by atoms with Gasteiger partial charge in [0, 0.05) is 6.54 Å². The highest BCUT2D eigenvalue weighted by Gasteiger charge is 1.91. The molecule has 0 saturated carbocycles. The molecule has 1 aromatic heterocycles. The second kappa shape index (κ2) is 4.91. The molecule has 0 aliphatic rings. The van der Waals surface area contributed by atoms with Crippen molar-refractivity contribution in [1.82, 2.24) is 5.32 Å². The molecule has 0 aliphatic carbocycles. The van der Waals surface area contributed by atoms with Gasteiger partial charge in [0.2, 0.25) is 6.41 Å².